The number of hydrogen-bond acceptors (Lipinski definition) is 1. The average molecular weight is 180 g/mol. The highest BCUT2D eigenvalue weighted by molar-refractivity contribution is 5.19. The van der Waals surface area contributed by atoms with E-state index in [1.165, 1.54) is 44.3 Å². The fourth-order valence-electron chi connectivity index (χ4n) is 2.63. The SMILES string of the molecule is CCCOC1=C2CCCCC2CC1. The minimum absolute atomic E-state index is 0.903. The van der Waals surface area contributed by atoms with E-state index in [1.54, 1.807) is 5.57 Å². The molecule has 0 aromatic heterocycles. The van der Waals surface area contributed by atoms with Crippen LogP contribution in [-0.4, -0.2) is 6.61 Å². The Kier molecular flexibility index (Phi) is 2.92. The molecule has 0 heterocycles. The molecule has 1 atom stereocenters. The molecule has 0 aromatic carbocycles. The van der Waals surface area contributed by atoms with E-state index in [0.29, 0.717) is 0 Å². The summed E-state index contributed by atoms with van der Waals surface area (Å²) in [6.07, 6.45) is 9.31. The minimum Gasteiger partial charge on any atom is -0.498 e. The maximum absolute atomic E-state index is 5.80. The lowest BCUT2D eigenvalue weighted by molar-refractivity contribution is 0.203. The van der Waals surface area contributed by atoms with Crippen molar-refractivity contribution in [3.05, 3.63) is 11.3 Å². The Morgan fingerprint density at radius 3 is 3.00 bits per heavy atom. The Balaban J connectivity index is 1.99. The molecule has 0 aliphatic heterocycles. The van der Waals surface area contributed by atoms with Gasteiger partial charge >= 0.3 is 0 Å². The van der Waals surface area contributed by atoms with Gasteiger partial charge in [-0.05, 0) is 43.6 Å². The van der Waals surface area contributed by atoms with Crippen LogP contribution in [-0.2, 0) is 4.74 Å². The first-order valence-corrected chi connectivity index (χ1v) is 5.76. The van der Waals surface area contributed by atoms with Crippen molar-refractivity contribution >= 4 is 0 Å². The van der Waals surface area contributed by atoms with Crippen molar-refractivity contribution in [2.24, 2.45) is 5.92 Å². The average Bonchev–Trinajstić information content (AvgIpc) is 2.58. The van der Waals surface area contributed by atoms with Crippen LogP contribution in [0.2, 0.25) is 0 Å². The zero-order valence-corrected chi connectivity index (χ0v) is 8.64. The number of hydrogen-bond donors (Lipinski definition) is 0. The van der Waals surface area contributed by atoms with Gasteiger partial charge in [0, 0.05) is 6.42 Å². The molecule has 1 saturated carbocycles. The molecule has 0 aromatic rings. The number of rotatable bonds is 3. The van der Waals surface area contributed by atoms with Crippen LogP contribution >= 0.6 is 0 Å². The maximum Gasteiger partial charge on any atom is 0.0954 e. The van der Waals surface area contributed by atoms with Gasteiger partial charge in [-0.25, -0.2) is 0 Å². The quantitative estimate of drug-likeness (QED) is 0.644. The molecule has 0 radical (unpaired) electrons. The second-order valence-corrected chi connectivity index (χ2v) is 4.28. The van der Waals surface area contributed by atoms with Crippen molar-refractivity contribution in [2.45, 2.75) is 51.9 Å². The molecular formula is C12H20O. The summed E-state index contributed by atoms with van der Waals surface area (Å²) >= 11 is 0. The van der Waals surface area contributed by atoms with Crippen LogP contribution in [0.15, 0.2) is 11.3 Å². The van der Waals surface area contributed by atoms with Gasteiger partial charge in [0.05, 0.1) is 12.4 Å². The minimum atomic E-state index is 0.903. The van der Waals surface area contributed by atoms with Crippen LogP contribution in [0.25, 0.3) is 0 Å². The Labute approximate surface area is 81.2 Å². The summed E-state index contributed by atoms with van der Waals surface area (Å²) in [7, 11) is 0. The normalized spacial score (nSPS) is 27.6. The number of allylic oxidation sites excluding steroid dienone is 2. The smallest absolute Gasteiger partial charge is 0.0954 e. The molecule has 0 amide bonds. The van der Waals surface area contributed by atoms with E-state index in [4.69, 9.17) is 4.74 Å². The summed E-state index contributed by atoms with van der Waals surface area (Å²) in [6.45, 7) is 3.10. The summed E-state index contributed by atoms with van der Waals surface area (Å²) in [6, 6.07) is 0. The first-order valence-electron chi connectivity index (χ1n) is 5.76. The van der Waals surface area contributed by atoms with Gasteiger partial charge in [-0.2, -0.15) is 0 Å². The van der Waals surface area contributed by atoms with E-state index in [9.17, 15) is 0 Å². The summed E-state index contributed by atoms with van der Waals surface area (Å²) in [5, 5.41) is 0. The molecule has 1 heteroatoms. The Morgan fingerprint density at radius 1 is 1.23 bits per heavy atom. The van der Waals surface area contributed by atoms with Gasteiger partial charge in [-0.3, -0.25) is 0 Å². The van der Waals surface area contributed by atoms with Gasteiger partial charge in [-0.1, -0.05) is 13.3 Å². The molecule has 0 spiro atoms. The van der Waals surface area contributed by atoms with Gasteiger partial charge in [0.2, 0.25) is 0 Å². The highest BCUT2D eigenvalue weighted by Gasteiger charge is 2.28. The van der Waals surface area contributed by atoms with Crippen LogP contribution in [0.5, 0.6) is 0 Å². The number of fused-ring (bicyclic) bond motifs is 1. The second-order valence-electron chi connectivity index (χ2n) is 4.28. The van der Waals surface area contributed by atoms with Crippen LogP contribution in [0.4, 0.5) is 0 Å². The van der Waals surface area contributed by atoms with E-state index in [2.05, 4.69) is 6.92 Å². The first-order chi connectivity index (χ1) is 6.42. The lowest BCUT2D eigenvalue weighted by Gasteiger charge is -2.20. The number of ether oxygens (including phenoxy) is 1. The third-order valence-corrected chi connectivity index (χ3v) is 3.30. The van der Waals surface area contributed by atoms with Crippen molar-refractivity contribution in [2.75, 3.05) is 6.61 Å². The van der Waals surface area contributed by atoms with Gasteiger partial charge < -0.3 is 4.74 Å². The molecule has 0 bridgehead atoms. The largest absolute Gasteiger partial charge is 0.498 e. The third kappa shape index (κ3) is 1.90. The highest BCUT2D eigenvalue weighted by Crippen LogP contribution is 2.41. The van der Waals surface area contributed by atoms with Crippen molar-refractivity contribution < 1.29 is 4.74 Å². The lowest BCUT2D eigenvalue weighted by Crippen LogP contribution is -2.06. The van der Waals surface area contributed by atoms with Crippen LogP contribution in [0, 0.1) is 5.92 Å². The predicted octanol–water partition coefficient (Wildman–Crippen LogP) is 3.65. The predicted molar refractivity (Wildman–Crippen MR) is 54.5 cm³/mol. The first kappa shape index (κ1) is 9.11. The Bertz CT molecular complexity index is 205. The zero-order chi connectivity index (χ0) is 9.10. The molecule has 0 N–H and O–H groups in total. The zero-order valence-electron chi connectivity index (χ0n) is 8.64. The summed E-state index contributed by atoms with van der Waals surface area (Å²) in [4.78, 5) is 0. The molecule has 2 rings (SSSR count). The monoisotopic (exact) mass is 180 g/mol. The van der Waals surface area contributed by atoms with Crippen molar-refractivity contribution in [3.8, 4) is 0 Å². The molecule has 2 aliphatic carbocycles. The van der Waals surface area contributed by atoms with Crippen molar-refractivity contribution in [1.82, 2.24) is 0 Å². The molecule has 1 unspecified atom stereocenters. The van der Waals surface area contributed by atoms with Gasteiger partial charge in [0.15, 0.2) is 0 Å². The van der Waals surface area contributed by atoms with Gasteiger partial charge in [0.25, 0.3) is 0 Å². The molecule has 1 fully saturated rings. The fourth-order valence-corrected chi connectivity index (χ4v) is 2.63. The Morgan fingerprint density at radius 2 is 2.15 bits per heavy atom. The standard InChI is InChI=1S/C12H20O/c1-2-9-13-12-8-7-10-5-3-4-6-11(10)12/h10H,2-9H2,1H3. The summed E-state index contributed by atoms with van der Waals surface area (Å²) < 4.78 is 5.80. The maximum atomic E-state index is 5.80. The van der Waals surface area contributed by atoms with Gasteiger partial charge in [0.1, 0.15) is 0 Å². The summed E-state index contributed by atoms with van der Waals surface area (Å²) in [5.41, 5.74) is 1.68. The second kappa shape index (κ2) is 4.17. The molecular weight excluding hydrogens is 160 g/mol. The van der Waals surface area contributed by atoms with E-state index >= 15 is 0 Å². The molecule has 74 valence electrons. The summed E-state index contributed by atoms with van der Waals surface area (Å²) in [5.74, 6) is 2.27. The topological polar surface area (TPSA) is 9.23 Å². The van der Waals surface area contributed by atoms with Crippen molar-refractivity contribution in [1.29, 1.82) is 0 Å². The van der Waals surface area contributed by atoms with E-state index in [0.717, 1.165) is 18.9 Å². The van der Waals surface area contributed by atoms with E-state index in [1.807, 2.05) is 0 Å². The molecule has 1 nitrogen and oxygen atoms in total. The Hall–Kier alpha value is -0.460. The fraction of sp³-hybridized carbons (Fsp3) is 0.833. The molecule has 13 heavy (non-hydrogen) atoms. The highest BCUT2D eigenvalue weighted by atomic mass is 16.5. The van der Waals surface area contributed by atoms with Crippen LogP contribution in [0.3, 0.4) is 0 Å². The van der Waals surface area contributed by atoms with E-state index < -0.39 is 0 Å². The molecule has 2 aliphatic rings. The van der Waals surface area contributed by atoms with Crippen LogP contribution < -0.4 is 0 Å². The molecule has 0 saturated heterocycles. The van der Waals surface area contributed by atoms with E-state index in [-0.39, 0.29) is 0 Å². The van der Waals surface area contributed by atoms with Crippen molar-refractivity contribution in [3.63, 3.8) is 0 Å². The van der Waals surface area contributed by atoms with Crippen LogP contribution in [0.1, 0.15) is 51.9 Å². The third-order valence-electron chi connectivity index (χ3n) is 3.30. The lowest BCUT2D eigenvalue weighted by atomic mass is 9.86. The van der Waals surface area contributed by atoms with Gasteiger partial charge in [-0.15, -0.1) is 0 Å².